The van der Waals surface area contributed by atoms with Gasteiger partial charge >= 0.3 is 0 Å². The van der Waals surface area contributed by atoms with Crippen molar-refractivity contribution in [2.24, 2.45) is 0 Å². The average Bonchev–Trinajstić information content (AvgIpc) is 2.42. The van der Waals surface area contributed by atoms with Gasteiger partial charge in [0.15, 0.2) is 0 Å². The SMILES string of the molecule is COc1ccc(CC(O)c2cc(C)cnc2N)cn1. The summed E-state index contributed by atoms with van der Waals surface area (Å²) in [6, 6.07) is 5.48. The van der Waals surface area contributed by atoms with E-state index in [2.05, 4.69) is 9.97 Å². The van der Waals surface area contributed by atoms with Crippen LogP contribution in [0, 0.1) is 6.92 Å². The molecule has 2 heterocycles. The lowest BCUT2D eigenvalue weighted by Gasteiger charge is -2.13. The Morgan fingerprint density at radius 2 is 2.11 bits per heavy atom. The number of hydrogen-bond acceptors (Lipinski definition) is 5. The number of ether oxygens (including phenoxy) is 1. The lowest BCUT2D eigenvalue weighted by Crippen LogP contribution is -2.07. The van der Waals surface area contributed by atoms with Gasteiger partial charge in [-0.25, -0.2) is 9.97 Å². The Morgan fingerprint density at radius 1 is 1.32 bits per heavy atom. The summed E-state index contributed by atoms with van der Waals surface area (Å²) in [5, 5.41) is 10.2. The first kappa shape index (κ1) is 13.3. The molecular weight excluding hydrogens is 242 g/mol. The van der Waals surface area contributed by atoms with Crippen molar-refractivity contribution in [2.75, 3.05) is 12.8 Å². The third-order valence-electron chi connectivity index (χ3n) is 2.88. The standard InChI is InChI=1S/C14H17N3O2/c1-9-5-11(14(15)17-7-9)12(18)6-10-3-4-13(19-2)16-8-10/h3-5,7-8,12,18H,6H2,1-2H3,(H2,15,17). The van der Waals surface area contributed by atoms with Crippen LogP contribution in [-0.4, -0.2) is 22.2 Å². The van der Waals surface area contributed by atoms with E-state index in [1.807, 2.05) is 19.1 Å². The van der Waals surface area contributed by atoms with Crippen molar-refractivity contribution in [1.82, 2.24) is 9.97 Å². The highest BCUT2D eigenvalue weighted by Crippen LogP contribution is 2.23. The van der Waals surface area contributed by atoms with Crippen LogP contribution in [0.3, 0.4) is 0 Å². The number of nitrogens with zero attached hydrogens (tertiary/aromatic N) is 2. The molecule has 0 aliphatic carbocycles. The minimum Gasteiger partial charge on any atom is -0.481 e. The molecule has 2 aromatic rings. The number of aromatic nitrogens is 2. The molecule has 0 aliphatic rings. The summed E-state index contributed by atoms with van der Waals surface area (Å²) in [5.74, 6) is 0.912. The molecule has 1 atom stereocenters. The van der Waals surface area contributed by atoms with Gasteiger partial charge < -0.3 is 15.6 Å². The molecule has 0 aliphatic heterocycles. The molecule has 100 valence electrons. The zero-order valence-corrected chi connectivity index (χ0v) is 11.0. The molecule has 0 saturated carbocycles. The lowest BCUT2D eigenvalue weighted by molar-refractivity contribution is 0.178. The van der Waals surface area contributed by atoms with Gasteiger partial charge in [0.1, 0.15) is 5.82 Å². The second kappa shape index (κ2) is 5.67. The monoisotopic (exact) mass is 259 g/mol. The molecule has 5 nitrogen and oxygen atoms in total. The first-order chi connectivity index (χ1) is 9.10. The van der Waals surface area contributed by atoms with Crippen LogP contribution in [0.15, 0.2) is 30.6 Å². The predicted octanol–water partition coefficient (Wildman–Crippen LogP) is 1.65. The summed E-state index contributed by atoms with van der Waals surface area (Å²) in [6.07, 6.45) is 3.11. The molecular formula is C14H17N3O2. The minimum atomic E-state index is -0.692. The van der Waals surface area contributed by atoms with Gasteiger partial charge in [-0.2, -0.15) is 0 Å². The fraction of sp³-hybridized carbons (Fsp3) is 0.286. The van der Waals surface area contributed by atoms with Crippen LogP contribution in [0.1, 0.15) is 22.8 Å². The summed E-state index contributed by atoms with van der Waals surface area (Å²) in [5.41, 5.74) is 8.31. The number of anilines is 1. The van der Waals surface area contributed by atoms with Gasteiger partial charge in [0.25, 0.3) is 0 Å². The van der Waals surface area contributed by atoms with Crippen LogP contribution >= 0.6 is 0 Å². The number of aryl methyl sites for hydroxylation is 1. The van der Waals surface area contributed by atoms with Gasteiger partial charge in [0.05, 0.1) is 13.2 Å². The van der Waals surface area contributed by atoms with Crippen LogP contribution in [0.2, 0.25) is 0 Å². The number of nitrogen functional groups attached to an aromatic ring is 1. The Kier molecular flexibility index (Phi) is 3.97. The van der Waals surface area contributed by atoms with Crippen molar-refractivity contribution >= 4 is 5.82 Å². The number of nitrogens with two attached hydrogens (primary N) is 1. The van der Waals surface area contributed by atoms with Crippen molar-refractivity contribution in [3.8, 4) is 5.88 Å². The van der Waals surface area contributed by atoms with E-state index in [1.54, 1.807) is 25.6 Å². The maximum Gasteiger partial charge on any atom is 0.212 e. The van der Waals surface area contributed by atoms with Crippen LogP contribution in [0.5, 0.6) is 5.88 Å². The molecule has 0 spiro atoms. The third-order valence-corrected chi connectivity index (χ3v) is 2.88. The molecule has 0 bridgehead atoms. The molecule has 19 heavy (non-hydrogen) atoms. The molecule has 0 radical (unpaired) electrons. The number of pyridine rings is 2. The number of methoxy groups -OCH3 is 1. The Hall–Kier alpha value is -2.14. The highest BCUT2D eigenvalue weighted by molar-refractivity contribution is 5.42. The van der Waals surface area contributed by atoms with Crippen molar-refractivity contribution < 1.29 is 9.84 Å². The number of aliphatic hydroxyl groups excluding tert-OH is 1. The Balaban J connectivity index is 2.15. The highest BCUT2D eigenvalue weighted by Gasteiger charge is 2.13. The molecule has 0 aromatic carbocycles. The molecule has 0 amide bonds. The van der Waals surface area contributed by atoms with Gasteiger partial charge in [0.2, 0.25) is 5.88 Å². The van der Waals surface area contributed by atoms with E-state index in [1.165, 1.54) is 0 Å². The molecule has 0 saturated heterocycles. The van der Waals surface area contributed by atoms with Crippen molar-refractivity contribution in [3.63, 3.8) is 0 Å². The van der Waals surface area contributed by atoms with E-state index >= 15 is 0 Å². The maximum atomic E-state index is 10.2. The summed E-state index contributed by atoms with van der Waals surface area (Å²) < 4.78 is 4.99. The smallest absolute Gasteiger partial charge is 0.212 e. The zero-order chi connectivity index (χ0) is 13.8. The Bertz CT molecular complexity index is 555. The average molecular weight is 259 g/mol. The largest absolute Gasteiger partial charge is 0.481 e. The second-order valence-electron chi connectivity index (χ2n) is 4.42. The first-order valence-corrected chi connectivity index (χ1v) is 5.99. The molecule has 1 unspecified atom stereocenters. The van der Waals surface area contributed by atoms with E-state index in [9.17, 15) is 5.11 Å². The van der Waals surface area contributed by atoms with Gasteiger partial charge in [0, 0.05) is 30.4 Å². The van der Waals surface area contributed by atoms with E-state index < -0.39 is 6.10 Å². The summed E-state index contributed by atoms with van der Waals surface area (Å²) in [4.78, 5) is 8.15. The van der Waals surface area contributed by atoms with Crippen LogP contribution in [0.4, 0.5) is 5.82 Å². The van der Waals surface area contributed by atoms with Crippen LogP contribution in [-0.2, 0) is 6.42 Å². The Labute approximate surface area is 112 Å². The van der Waals surface area contributed by atoms with Crippen molar-refractivity contribution in [2.45, 2.75) is 19.4 Å². The fourth-order valence-corrected chi connectivity index (χ4v) is 1.85. The molecule has 0 fully saturated rings. The van der Waals surface area contributed by atoms with Crippen molar-refractivity contribution in [1.29, 1.82) is 0 Å². The molecule has 3 N–H and O–H groups in total. The number of rotatable bonds is 4. The van der Waals surface area contributed by atoms with Crippen LogP contribution < -0.4 is 10.5 Å². The summed E-state index contributed by atoms with van der Waals surface area (Å²) in [6.45, 7) is 1.91. The van der Waals surface area contributed by atoms with Crippen LogP contribution in [0.25, 0.3) is 0 Å². The Morgan fingerprint density at radius 3 is 2.74 bits per heavy atom. The van der Waals surface area contributed by atoms with Gasteiger partial charge in [-0.15, -0.1) is 0 Å². The van der Waals surface area contributed by atoms with Gasteiger partial charge in [-0.3, -0.25) is 0 Å². The third kappa shape index (κ3) is 3.20. The van der Waals surface area contributed by atoms with Gasteiger partial charge in [-0.05, 0) is 24.1 Å². The maximum absolute atomic E-state index is 10.2. The van der Waals surface area contributed by atoms with E-state index in [-0.39, 0.29) is 0 Å². The summed E-state index contributed by atoms with van der Waals surface area (Å²) >= 11 is 0. The number of aliphatic hydroxyl groups is 1. The first-order valence-electron chi connectivity index (χ1n) is 5.99. The molecule has 5 heteroatoms. The highest BCUT2D eigenvalue weighted by atomic mass is 16.5. The molecule has 2 aromatic heterocycles. The lowest BCUT2D eigenvalue weighted by atomic mass is 10.0. The zero-order valence-electron chi connectivity index (χ0n) is 11.0. The predicted molar refractivity (Wildman–Crippen MR) is 72.8 cm³/mol. The van der Waals surface area contributed by atoms with E-state index in [0.717, 1.165) is 11.1 Å². The topological polar surface area (TPSA) is 81.3 Å². The fourth-order valence-electron chi connectivity index (χ4n) is 1.85. The molecule has 2 rings (SSSR count). The summed E-state index contributed by atoms with van der Waals surface area (Å²) in [7, 11) is 1.57. The van der Waals surface area contributed by atoms with E-state index in [0.29, 0.717) is 23.7 Å². The van der Waals surface area contributed by atoms with Gasteiger partial charge in [-0.1, -0.05) is 6.07 Å². The second-order valence-corrected chi connectivity index (χ2v) is 4.42. The number of hydrogen-bond donors (Lipinski definition) is 2. The van der Waals surface area contributed by atoms with Crippen molar-refractivity contribution in [3.05, 3.63) is 47.3 Å². The van der Waals surface area contributed by atoms with E-state index in [4.69, 9.17) is 10.5 Å². The normalized spacial score (nSPS) is 12.2. The minimum absolute atomic E-state index is 0.361. The quantitative estimate of drug-likeness (QED) is 0.872.